The summed E-state index contributed by atoms with van der Waals surface area (Å²) in [4.78, 5) is 38.4. The SMILES string of the molecule is COC(=O)c1cccc(NC(=O)C2CCN(C(=O)c3ccccc3)CC2)c1. The lowest BCUT2D eigenvalue weighted by molar-refractivity contribution is -0.121. The molecule has 0 aromatic heterocycles. The van der Waals surface area contributed by atoms with Crippen molar-refractivity contribution < 1.29 is 19.1 Å². The molecule has 0 saturated carbocycles. The van der Waals surface area contributed by atoms with E-state index in [2.05, 4.69) is 5.32 Å². The molecule has 0 spiro atoms. The minimum atomic E-state index is -0.446. The van der Waals surface area contributed by atoms with E-state index in [1.807, 2.05) is 18.2 Å². The van der Waals surface area contributed by atoms with Gasteiger partial charge in [0.1, 0.15) is 0 Å². The summed E-state index contributed by atoms with van der Waals surface area (Å²) in [6.45, 7) is 1.10. The highest BCUT2D eigenvalue weighted by atomic mass is 16.5. The van der Waals surface area contributed by atoms with Crippen LogP contribution in [-0.2, 0) is 9.53 Å². The van der Waals surface area contributed by atoms with Gasteiger partial charge in [-0.3, -0.25) is 9.59 Å². The number of benzene rings is 2. The molecule has 1 N–H and O–H groups in total. The lowest BCUT2D eigenvalue weighted by Gasteiger charge is -2.31. The van der Waals surface area contributed by atoms with Gasteiger partial charge in [0.25, 0.3) is 5.91 Å². The molecule has 1 saturated heterocycles. The number of nitrogens with zero attached hydrogens (tertiary/aromatic N) is 1. The van der Waals surface area contributed by atoms with Gasteiger partial charge in [-0.1, -0.05) is 24.3 Å². The van der Waals surface area contributed by atoms with Crippen LogP contribution in [-0.4, -0.2) is 42.9 Å². The first-order valence-corrected chi connectivity index (χ1v) is 8.92. The van der Waals surface area contributed by atoms with Crippen molar-refractivity contribution in [3.8, 4) is 0 Å². The first-order valence-electron chi connectivity index (χ1n) is 8.92. The average molecular weight is 366 g/mol. The second kappa shape index (κ2) is 8.49. The van der Waals surface area contributed by atoms with Crippen LogP contribution in [0.25, 0.3) is 0 Å². The summed E-state index contributed by atoms with van der Waals surface area (Å²) in [6.07, 6.45) is 1.22. The number of rotatable bonds is 4. The van der Waals surface area contributed by atoms with Crippen molar-refractivity contribution in [3.63, 3.8) is 0 Å². The number of ether oxygens (including phenoxy) is 1. The highest BCUT2D eigenvalue weighted by Crippen LogP contribution is 2.21. The Morgan fingerprint density at radius 3 is 2.30 bits per heavy atom. The van der Waals surface area contributed by atoms with Gasteiger partial charge in [0.05, 0.1) is 12.7 Å². The number of hydrogen-bond donors (Lipinski definition) is 1. The molecule has 2 aromatic rings. The van der Waals surface area contributed by atoms with Crippen molar-refractivity contribution in [2.45, 2.75) is 12.8 Å². The Labute approximate surface area is 158 Å². The minimum absolute atomic E-state index is 0.000220. The summed E-state index contributed by atoms with van der Waals surface area (Å²) in [6, 6.07) is 15.8. The zero-order valence-corrected chi connectivity index (χ0v) is 15.2. The molecule has 1 fully saturated rings. The number of hydrogen-bond acceptors (Lipinski definition) is 4. The maximum Gasteiger partial charge on any atom is 0.337 e. The monoisotopic (exact) mass is 366 g/mol. The van der Waals surface area contributed by atoms with E-state index in [1.54, 1.807) is 41.3 Å². The van der Waals surface area contributed by atoms with Gasteiger partial charge < -0.3 is 15.0 Å². The van der Waals surface area contributed by atoms with Crippen LogP contribution in [0.5, 0.6) is 0 Å². The number of nitrogens with one attached hydrogen (secondary N) is 1. The molecule has 6 heteroatoms. The number of piperidine rings is 1. The lowest BCUT2D eigenvalue weighted by atomic mass is 9.95. The summed E-state index contributed by atoms with van der Waals surface area (Å²) < 4.78 is 4.69. The fourth-order valence-electron chi connectivity index (χ4n) is 3.19. The van der Waals surface area contributed by atoms with Crippen molar-refractivity contribution in [2.24, 2.45) is 5.92 Å². The fourth-order valence-corrected chi connectivity index (χ4v) is 3.19. The number of amides is 2. The lowest BCUT2D eigenvalue weighted by Crippen LogP contribution is -2.41. The van der Waals surface area contributed by atoms with E-state index >= 15 is 0 Å². The van der Waals surface area contributed by atoms with Gasteiger partial charge in [-0.2, -0.15) is 0 Å². The third kappa shape index (κ3) is 4.53. The standard InChI is InChI=1S/C21H22N2O4/c1-27-21(26)17-8-5-9-18(14-17)22-19(24)15-10-12-23(13-11-15)20(25)16-6-3-2-4-7-16/h2-9,14-15H,10-13H2,1H3,(H,22,24). The molecule has 2 amide bonds. The first-order chi connectivity index (χ1) is 13.1. The maximum absolute atomic E-state index is 12.5. The fraction of sp³-hybridized carbons (Fsp3) is 0.286. The Morgan fingerprint density at radius 1 is 0.963 bits per heavy atom. The largest absolute Gasteiger partial charge is 0.465 e. The number of methoxy groups -OCH3 is 1. The molecular formula is C21H22N2O4. The van der Waals surface area contributed by atoms with E-state index in [4.69, 9.17) is 4.74 Å². The summed E-state index contributed by atoms with van der Waals surface area (Å²) in [5.41, 5.74) is 1.62. The van der Waals surface area contributed by atoms with Crippen molar-refractivity contribution in [3.05, 3.63) is 65.7 Å². The number of carbonyl (C=O) groups is 3. The minimum Gasteiger partial charge on any atom is -0.465 e. The van der Waals surface area contributed by atoms with Gasteiger partial charge >= 0.3 is 5.97 Å². The van der Waals surface area contributed by atoms with E-state index < -0.39 is 5.97 Å². The summed E-state index contributed by atoms with van der Waals surface area (Å²) in [7, 11) is 1.32. The maximum atomic E-state index is 12.5. The first kappa shape index (κ1) is 18.6. The van der Waals surface area contributed by atoms with Crippen molar-refractivity contribution in [1.82, 2.24) is 4.90 Å². The molecule has 0 bridgehead atoms. The molecule has 3 rings (SSSR count). The van der Waals surface area contributed by atoms with E-state index in [1.165, 1.54) is 7.11 Å². The van der Waals surface area contributed by atoms with Crippen LogP contribution in [0.15, 0.2) is 54.6 Å². The molecule has 27 heavy (non-hydrogen) atoms. The Bertz CT molecular complexity index is 827. The van der Waals surface area contributed by atoms with Gasteiger partial charge in [-0.25, -0.2) is 4.79 Å². The van der Waals surface area contributed by atoms with E-state index in [9.17, 15) is 14.4 Å². The van der Waals surface area contributed by atoms with Crippen molar-refractivity contribution in [2.75, 3.05) is 25.5 Å². The van der Waals surface area contributed by atoms with Gasteiger partial charge in [-0.05, 0) is 43.2 Å². The molecule has 0 radical (unpaired) electrons. The van der Waals surface area contributed by atoms with Crippen LogP contribution in [0.1, 0.15) is 33.6 Å². The van der Waals surface area contributed by atoms with Gasteiger partial charge in [0, 0.05) is 30.3 Å². The number of esters is 1. The van der Waals surface area contributed by atoms with E-state index in [-0.39, 0.29) is 17.7 Å². The third-order valence-electron chi connectivity index (χ3n) is 4.72. The highest BCUT2D eigenvalue weighted by Gasteiger charge is 2.27. The molecule has 0 unspecified atom stereocenters. The molecule has 2 aromatic carbocycles. The van der Waals surface area contributed by atoms with E-state index in [0.29, 0.717) is 42.7 Å². The molecule has 1 aliphatic rings. The molecular weight excluding hydrogens is 344 g/mol. The third-order valence-corrected chi connectivity index (χ3v) is 4.72. The Morgan fingerprint density at radius 2 is 1.63 bits per heavy atom. The zero-order valence-electron chi connectivity index (χ0n) is 15.2. The second-order valence-corrected chi connectivity index (χ2v) is 6.49. The van der Waals surface area contributed by atoms with Gasteiger partial charge in [0.2, 0.25) is 5.91 Å². The van der Waals surface area contributed by atoms with Crippen molar-refractivity contribution >= 4 is 23.5 Å². The van der Waals surface area contributed by atoms with Crippen LogP contribution in [0.3, 0.4) is 0 Å². The average Bonchev–Trinajstić information content (AvgIpc) is 2.73. The summed E-state index contributed by atoms with van der Waals surface area (Å²) in [5, 5.41) is 2.86. The molecule has 1 heterocycles. The van der Waals surface area contributed by atoms with Gasteiger partial charge in [0.15, 0.2) is 0 Å². The van der Waals surface area contributed by atoms with Crippen LogP contribution in [0.4, 0.5) is 5.69 Å². The Hall–Kier alpha value is -3.15. The highest BCUT2D eigenvalue weighted by molar-refractivity contribution is 5.96. The smallest absolute Gasteiger partial charge is 0.337 e. The Kier molecular flexibility index (Phi) is 5.86. The number of anilines is 1. The second-order valence-electron chi connectivity index (χ2n) is 6.49. The number of likely N-dealkylation sites (tertiary alicyclic amines) is 1. The quantitative estimate of drug-likeness (QED) is 0.844. The van der Waals surface area contributed by atoms with Crippen molar-refractivity contribution in [1.29, 1.82) is 0 Å². The summed E-state index contributed by atoms with van der Waals surface area (Å²) in [5.74, 6) is -0.700. The molecule has 0 aliphatic carbocycles. The van der Waals surface area contributed by atoms with Crippen LogP contribution < -0.4 is 5.32 Å². The zero-order chi connectivity index (χ0) is 19.2. The molecule has 140 valence electrons. The molecule has 6 nitrogen and oxygen atoms in total. The summed E-state index contributed by atoms with van der Waals surface area (Å²) >= 11 is 0. The topological polar surface area (TPSA) is 75.7 Å². The predicted molar refractivity (Wildman–Crippen MR) is 101 cm³/mol. The normalized spacial score (nSPS) is 14.5. The molecule has 0 atom stereocenters. The van der Waals surface area contributed by atoms with Crippen LogP contribution in [0.2, 0.25) is 0 Å². The predicted octanol–water partition coefficient (Wildman–Crippen LogP) is 2.96. The van der Waals surface area contributed by atoms with Gasteiger partial charge in [-0.15, -0.1) is 0 Å². The van der Waals surface area contributed by atoms with Crippen LogP contribution in [0, 0.1) is 5.92 Å². The number of carbonyl (C=O) groups excluding carboxylic acids is 3. The van der Waals surface area contributed by atoms with E-state index in [0.717, 1.165) is 0 Å². The van der Waals surface area contributed by atoms with Crippen LogP contribution >= 0.6 is 0 Å². The molecule has 1 aliphatic heterocycles. The Balaban J connectivity index is 1.56.